The molecule has 5 nitrogen and oxygen atoms in total. The van der Waals surface area contributed by atoms with Crippen LogP contribution in [0.2, 0.25) is 0 Å². The van der Waals surface area contributed by atoms with Gasteiger partial charge in [-0.05, 0) is 44.0 Å². The number of carbonyl (C=O) groups is 1. The highest BCUT2D eigenvalue weighted by Gasteiger charge is 2.21. The first-order valence-corrected chi connectivity index (χ1v) is 8.45. The number of hydrogen-bond donors (Lipinski definition) is 1. The zero-order chi connectivity index (χ0) is 16.8. The molecule has 1 aromatic carbocycles. The first kappa shape index (κ1) is 16.5. The van der Waals surface area contributed by atoms with Gasteiger partial charge in [0.2, 0.25) is 5.91 Å². The van der Waals surface area contributed by atoms with Crippen molar-refractivity contribution in [3.63, 3.8) is 0 Å². The molecule has 0 spiro atoms. The first-order chi connectivity index (χ1) is 11.8. The maximum Gasteiger partial charge on any atom is 0.228 e. The second kappa shape index (κ2) is 7.93. The van der Waals surface area contributed by atoms with Gasteiger partial charge in [0.05, 0.1) is 11.9 Å². The predicted octanol–water partition coefficient (Wildman–Crippen LogP) is 3.60. The molecule has 1 N–H and O–H groups in total. The fourth-order valence-corrected chi connectivity index (χ4v) is 2.93. The van der Waals surface area contributed by atoms with Gasteiger partial charge in [-0.25, -0.2) is 4.98 Å². The Morgan fingerprint density at radius 1 is 1.17 bits per heavy atom. The van der Waals surface area contributed by atoms with Gasteiger partial charge in [0, 0.05) is 31.4 Å². The molecule has 2 heterocycles. The second-order valence-electron chi connectivity index (χ2n) is 5.86. The van der Waals surface area contributed by atoms with E-state index in [4.69, 9.17) is 4.74 Å². The lowest BCUT2D eigenvalue weighted by atomic mass is 9.99. The van der Waals surface area contributed by atoms with Gasteiger partial charge in [-0.2, -0.15) is 0 Å². The van der Waals surface area contributed by atoms with Gasteiger partial charge in [-0.15, -0.1) is 0 Å². The largest absolute Gasteiger partial charge is 0.381 e. The molecule has 1 aliphatic rings. The molecule has 2 aromatic rings. The topological polar surface area (TPSA) is 54.5 Å². The maximum absolute atomic E-state index is 12.2. The highest BCUT2D eigenvalue weighted by atomic mass is 16.5. The summed E-state index contributed by atoms with van der Waals surface area (Å²) in [6.45, 7) is 4.27. The monoisotopic (exact) mass is 325 g/mol. The van der Waals surface area contributed by atoms with Crippen LogP contribution in [0, 0.1) is 5.92 Å². The molecule has 1 fully saturated rings. The summed E-state index contributed by atoms with van der Waals surface area (Å²) in [7, 11) is 0. The first-order valence-electron chi connectivity index (χ1n) is 8.45. The van der Waals surface area contributed by atoms with Crippen molar-refractivity contribution in [1.29, 1.82) is 0 Å². The van der Waals surface area contributed by atoms with E-state index in [0.29, 0.717) is 19.0 Å². The summed E-state index contributed by atoms with van der Waals surface area (Å²) in [5, 5.41) is 2.91. The third kappa shape index (κ3) is 3.92. The Balaban J connectivity index is 1.67. The Labute approximate surface area is 142 Å². The number of anilines is 3. The van der Waals surface area contributed by atoms with E-state index in [0.717, 1.165) is 30.8 Å². The number of hydrogen-bond acceptors (Lipinski definition) is 4. The van der Waals surface area contributed by atoms with Crippen molar-refractivity contribution in [2.24, 2.45) is 5.92 Å². The van der Waals surface area contributed by atoms with Gasteiger partial charge in [0.15, 0.2) is 0 Å². The fourth-order valence-electron chi connectivity index (χ4n) is 2.93. The van der Waals surface area contributed by atoms with E-state index in [1.165, 1.54) is 0 Å². The molecule has 0 atom stereocenters. The predicted molar refractivity (Wildman–Crippen MR) is 95.5 cm³/mol. The van der Waals surface area contributed by atoms with E-state index in [1.54, 1.807) is 6.20 Å². The van der Waals surface area contributed by atoms with E-state index >= 15 is 0 Å². The van der Waals surface area contributed by atoms with Crippen molar-refractivity contribution in [2.75, 3.05) is 30.0 Å². The van der Waals surface area contributed by atoms with E-state index in [-0.39, 0.29) is 11.8 Å². The van der Waals surface area contributed by atoms with Crippen molar-refractivity contribution in [2.45, 2.75) is 19.8 Å². The third-order valence-electron chi connectivity index (χ3n) is 4.29. The Morgan fingerprint density at radius 3 is 2.54 bits per heavy atom. The SMILES string of the molecule is CCN(c1ccccc1)c1ccc(NC(=O)C2CCOCC2)nc1. The number of nitrogens with one attached hydrogen (secondary N) is 1. The van der Waals surface area contributed by atoms with Crippen LogP contribution >= 0.6 is 0 Å². The van der Waals surface area contributed by atoms with E-state index in [1.807, 2.05) is 30.3 Å². The lowest BCUT2D eigenvalue weighted by Gasteiger charge is -2.23. The molecular formula is C19H23N3O2. The smallest absolute Gasteiger partial charge is 0.228 e. The van der Waals surface area contributed by atoms with Gasteiger partial charge in [-0.1, -0.05) is 18.2 Å². The van der Waals surface area contributed by atoms with Crippen molar-refractivity contribution in [1.82, 2.24) is 4.98 Å². The van der Waals surface area contributed by atoms with E-state index in [9.17, 15) is 4.79 Å². The average Bonchev–Trinajstić information content (AvgIpc) is 2.65. The van der Waals surface area contributed by atoms with Crippen LogP contribution in [0.4, 0.5) is 17.2 Å². The number of aromatic nitrogens is 1. The number of para-hydroxylation sites is 1. The summed E-state index contributed by atoms with van der Waals surface area (Å²) in [6, 6.07) is 14.0. The Kier molecular flexibility index (Phi) is 5.43. The molecule has 5 heteroatoms. The lowest BCUT2D eigenvalue weighted by molar-refractivity contribution is -0.122. The fraction of sp³-hybridized carbons (Fsp3) is 0.368. The highest BCUT2D eigenvalue weighted by Crippen LogP contribution is 2.25. The molecular weight excluding hydrogens is 302 g/mol. The van der Waals surface area contributed by atoms with Crippen molar-refractivity contribution >= 4 is 23.1 Å². The summed E-state index contributed by atoms with van der Waals surface area (Å²) in [6.07, 6.45) is 3.36. The van der Waals surface area contributed by atoms with Gasteiger partial charge in [-0.3, -0.25) is 4.79 Å². The summed E-state index contributed by atoms with van der Waals surface area (Å²) in [5.41, 5.74) is 2.13. The Bertz CT molecular complexity index is 652. The number of pyridine rings is 1. The minimum Gasteiger partial charge on any atom is -0.381 e. The van der Waals surface area contributed by atoms with Gasteiger partial charge >= 0.3 is 0 Å². The molecule has 0 bridgehead atoms. The van der Waals surface area contributed by atoms with E-state index in [2.05, 4.69) is 34.3 Å². The van der Waals surface area contributed by atoms with Crippen LogP contribution in [0.5, 0.6) is 0 Å². The summed E-state index contributed by atoms with van der Waals surface area (Å²) in [4.78, 5) is 18.8. The highest BCUT2D eigenvalue weighted by molar-refractivity contribution is 5.91. The van der Waals surface area contributed by atoms with Crippen LogP contribution in [-0.4, -0.2) is 30.6 Å². The molecule has 24 heavy (non-hydrogen) atoms. The Hall–Kier alpha value is -2.40. The number of amides is 1. The zero-order valence-corrected chi connectivity index (χ0v) is 13.9. The summed E-state index contributed by atoms with van der Waals surface area (Å²) in [5.74, 6) is 0.657. The minimum atomic E-state index is 0.0247. The van der Waals surface area contributed by atoms with Crippen LogP contribution in [-0.2, 0) is 9.53 Å². The number of rotatable bonds is 5. The standard InChI is InChI=1S/C19H23N3O2/c1-2-22(16-6-4-3-5-7-16)17-8-9-18(20-14-17)21-19(23)15-10-12-24-13-11-15/h3-9,14-15H,2,10-13H2,1H3,(H,20,21,23). The molecule has 1 aliphatic heterocycles. The molecule has 1 saturated heterocycles. The van der Waals surface area contributed by atoms with Crippen molar-refractivity contribution in [3.05, 3.63) is 48.7 Å². The van der Waals surface area contributed by atoms with Crippen LogP contribution in [0.15, 0.2) is 48.7 Å². The minimum absolute atomic E-state index is 0.0247. The van der Waals surface area contributed by atoms with Crippen LogP contribution < -0.4 is 10.2 Å². The number of nitrogens with zero attached hydrogens (tertiary/aromatic N) is 2. The number of ether oxygens (including phenoxy) is 1. The average molecular weight is 325 g/mol. The summed E-state index contributed by atoms with van der Waals surface area (Å²) < 4.78 is 5.30. The third-order valence-corrected chi connectivity index (χ3v) is 4.29. The number of carbonyl (C=O) groups excluding carboxylic acids is 1. The molecule has 3 rings (SSSR count). The molecule has 0 aliphatic carbocycles. The Morgan fingerprint density at radius 2 is 1.92 bits per heavy atom. The van der Waals surface area contributed by atoms with Crippen molar-refractivity contribution in [3.8, 4) is 0 Å². The quantitative estimate of drug-likeness (QED) is 0.912. The van der Waals surface area contributed by atoms with Crippen molar-refractivity contribution < 1.29 is 9.53 Å². The summed E-state index contributed by atoms with van der Waals surface area (Å²) >= 11 is 0. The number of benzene rings is 1. The van der Waals surface area contributed by atoms with Gasteiger partial charge < -0.3 is 15.0 Å². The molecule has 0 radical (unpaired) electrons. The van der Waals surface area contributed by atoms with Crippen LogP contribution in [0.1, 0.15) is 19.8 Å². The molecule has 126 valence electrons. The van der Waals surface area contributed by atoms with E-state index < -0.39 is 0 Å². The molecule has 0 saturated carbocycles. The normalized spacial score (nSPS) is 15.0. The zero-order valence-electron chi connectivity index (χ0n) is 13.9. The molecule has 1 amide bonds. The second-order valence-corrected chi connectivity index (χ2v) is 5.86. The van der Waals surface area contributed by atoms with Gasteiger partial charge in [0.1, 0.15) is 5.82 Å². The molecule has 0 unspecified atom stereocenters. The van der Waals surface area contributed by atoms with Gasteiger partial charge in [0.25, 0.3) is 0 Å². The lowest BCUT2D eigenvalue weighted by Crippen LogP contribution is -2.28. The van der Waals surface area contributed by atoms with Crippen LogP contribution in [0.25, 0.3) is 0 Å². The molecule has 1 aromatic heterocycles. The van der Waals surface area contributed by atoms with Crippen LogP contribution in [0.3, 0.4) is 0 Å². The maximum atomic E-state index is 12.2.